The molecular weight excluding hydrogens is 316 g/mol. The lowest BCUT2D eigenvalue weighted by molar-refractivity contribution is -0.141. The molecule has 1 fully saturated rings. The van der Waals surface area contributed by atoms with Crippen molar-refractivity contribution in [2.75, 3.05) is 26.8 Å². The van der Waals surface area contributed by atoms with Gasteiger partial charge in [0.2, 0.25) is 5.91 Å². The van der Waals surface area contributed by atoms with Crippen molar-refractivity contribution in [3.63, 3.8) is 0 Å². The summed E-state index contributed by atoms with van der Waals surface area (Å²) in [5.41, 5.74) is 2.35. The van der Waals surface area contributed by atoms with E-state index in [0.29, 0.717) is 6.54 Å². The van der Waals surface area contributed by atoms with Gasteiger partial charge in [0.05, 0.1) is 19.3 Å². The molecule has 1 spiro atoms. The van der Waals surface area contributed by atoms with E-state index in [4.69, 9.17) is 9.47 Å². The molecule has 0 atom stereocenters. The van der Waals surface area contributed by atoms with Crippen molar-refractivity contribution in [1.82, 2.24) is 9.47 Å². The Balaban J connectivity index is 1.47. The largest absolute Gasteiger partial charge is 0.497 e. The number of hydrogen-bond donors (Lipinski definition) is 0. The summed E-state index contributed by atoms with van der Waals surface area (Å²) in [5.74, 6) is 1.08. The molecule has 25 heavy (non-hydrogen) atoms. The number of carbonyl (C=O) groups is 1. The van der Waals surface area contributed by atoms with Gasteiger partial charge in [-0.15, -0.1) is 0 Å². The number of hydrogen-bond acceptors (Lipinski definition) is 3. The second kappa shape index (κ2) is 6.56. The zero-order valence-corrected chi connectivity index (χ0v) is 14.6. The quantitative estimate of drug-likeness (QED) is 0.863. The summed E-state index contributed by atoms with van der Waals surface area (Å²) >= 11 is 0. The molecule has 2 aliphatic heterocycles. The number of fused-ring (bicyclic) bond motifs is 2. The molecule has 4 rings (SSSR count). The van der Waals surface area contributed by atoms with Crippen LogP contribution in [0.1, 0.15) is 24.0 Å². The molecular formula is C20H24N2O3. The van der Waals surface area contributed by atoms with E-state index in [1.807, 2.05) is 40.1 Å². The maximum atomic E-state index is 12.5. The van der Waals surface area contributed by atoms with Gasteiger partial charge in [-0.25, -0.2) is 0 Å². The molecule has 0 aliphatic carbocycles. The summed E-state index contributed by atoms with van der Waals surface area (Å²) in [7, 11) is 1.70. The first-order chi connectivity index (χ1) is 12.2. The fourth-order valence-electron chi connectivity index (χ4n) is 4.05. The highest BCUT2D eigenvalue weighted by Crippen LogP contribution is 2.42. The molecule has 1 amide bonds. The van der Waals surface area contributed by atoms with Crippen molar-refractivity contribution in [3.05, 3.63) is 53.9 Å². The number of amides is 1. The number of likely N-dealkylation sites (tertiary alicyclic amines) is 1. The molecule has 1 aromatic carbocycles. The predicted octanol–water partition coefficient (Wildman–Crippen LogP) is 2.59. The molecule has 0 bridgehead atoms. The van der Waals surface area contributed by atoms with E-state index in [9.17, 15) is 4.79 Å². The summed E-state index contributed by atoms with van der Waals surface area (Å²) in [5, 5.41) is 0. The van der Waals surface area contributed by atoms with Gasteiger partial charge >= 0.3 is 0 Å². The number of methoxy groups -OCH3 is 1. The van der Waals surface area contributed by atoms with Gasteiger partial charge in [0.1, 0.15) is 12.3 Å². The third kappa shape index (κ3) is 3.04. The average Bonchev–Trinajstić information content (AvgIpc) is 3.15. The van der Waals surface area contributed by atoms with Gasteiger partial charge in [-0.3, -0.25) is 4.79 Å². The summed E-state index contributed by atoms with van der Waals surface area (Å²) in [6.45, 7) is 2.63. The Morgan fingerprint density at radius 1 is 1.24 bits per heavy atom. The molecule has 2 aromatic rings. The number of nitrogens with zero attached hydrogens (tertiary/aromatic N) is 2. The Bertz CT molecular complexity index is 746. The first-order valence-corrected chi connectivity index (χ1v) is 8.90. The number of benzene rings is 1. The minimum Gasteiger partial charge on any atom is -0.497 e. The fourth-order valence-corrected chi connectivity index (χ4v) is 4.05. The van der Waals surface area contributed by atoms with Crippen LogP contribution in [0.2, 0.25) is 0 Å². The van der Waals surface area contributed by atoms with Gasteiger partial charge < -0.3 is 18.9 Å². The number of rotatable bonds is 3. The van der Waals surface area contributed by atoms with Crippen LogP contribution < -0.4 is 4.74 Å². The summed E-state index contributed by atoms with van der Waals surface area (Å²) < 4.78 is 13.5. The van der Waals surface area contributed by atoms with Crippen LogP contribution in [-0.4, -0.2) is 42.2 Å². The third-order valence-electron chi connectivity index (χ3n) is 5.46. The van der Waals surface area contributed by atoms with Gasteiger partial charge in [-0.05, 0) is 54.7 Å². The van der Waals surface area contributed by atoms with E-state index in [1.54, 1.807) is 7.11 Å². The minimum absolute atomic E-state index is 0.178. The minimum atomic E-state index is -0.246. The lowest BCUT2D eigenvalue weighted by Crippen LogP contribution is -2.49. The number of aromatic nitrogens is 1. The molecule has 0 unspecified atom stereocenters. The topological polar surface area (TPSA) is 43.7 Å². The van der Waals surface area contributed by atoms with Gasteiger partial charge in [-0.1, -0.05) is 6.07 Å². The second-order valence-corrected chi connectivity index (χ2v) is 6.85. The van der Waals surface area contributed by atoms with Crippen LogP contribution in [0.15, 0.2) is 42.7 Å². The third-order valence-corrected chi connectivity index (χ3v) is 5.46. The van der Waals surface area contributed by atoms with Crippen molar-refractivity contribution in [2.45, 2.75) is 31.4 Å². The van der Waals surface area contributed by atoms with Gasteiger partial charge in [0.25, 0.3) is 0 Å². The first kappa shape index (κ1) is 16.2. The standard InChI is InChI=1S/C20H24N2O3/c1-24-17-4-5-18-16(14-17)6-13-25-20(18)7-11-22(12-8-20)19(23)15-21-9-2-3-10-21/h2-5,9-10,14H,6-8,11-13,15H2,1H3. The molecule has 5 heteroatoms. The summed E-state index contributed by atoms with van der Waals surface area (Å²) in [6.07, 6.45) is 6.48. The van der Waals surface area contributed by atoms with E-state index in [2.05, 4.69) is 12.1 Å². The zero-order chi connectivity index (χ0) is 17.3. The van der Waals surface area contributed by atoms with Crippen LogP contribution in [-0.2, 0) is 28.1 Å². The lowest BCUT2D eigenvalue weighted by atomic mass is 9.79. The second-order valence-electron chi connectivity index (χ2n) is 6.85. The smallest absolute Gasteiger partial charge is 0.242 e. The van der Waals surface area contributed by atoms with Crippen LogP contribution in [0, 0.1) is 0 Å². The Kier molecular flexibility index (Phi) is 4.25. The highest BCUT2D eigenvalue weighted by molar-refractivity contribution is 5.76. The first-order valence-electron chi connectivity index (χ1n) is 8.90. The Morgan fingerprint density at radius 3 is 2.72 bits per heavy atom. The van der Waals surface area contributed by atoms with Crippen molar-refractivity contribution in [3.8, 4) is 5.75 Å². The van der Waals surface area contributed by atoms with Crippen molar-refractivity contribution in [1.29, 1.82) is 0 Å². The Labute approximate surface area is 148 Å². The molecule has 0 radical (unpaired) electrons. The predicted molar refractivity (Wildman–Crippen MR) is 94.6 cm³/mol. The fraction of sp³-hybridized carbons (Fsp3) is 0.450. The molecule has 2 aliphatic rings. The maximum absolute atomic E-state index is 12.5. The summed E-state index contributed by atoms with van der Waals surface area (Å²) in [4.78, 5) is 14.5. The van der Waals surface area contributed by atoms with Crippen molar-refractivity contribution in [2.24, 2.45) is 0 Å². The molecule has 0 N–H and O–H groups in total. The van der Waals surface area contributed by atoms with Crippen molar-refractivity contribution >= 4 is 5.91 Å². The average molecular weight is 340 g/mol. The SMILES string of the molecule is COc1ccc2c(c1)CCOC21CCN(C(=O)Cn2cccc2)CC1. The number of piperidine rings is 1. The maximum Gasteiger partial charge on any atom is 0.242 e. The van der Waals surface area contributed by atoms with E-state index < -0.39 is 0 Å². The van der Waals surface area contributed by atoms with E-state index in [-0.39, 0.29) is 11.5 Å². The molecule has 3 heterocycles. The molecule has 1 aromatic heterocycles. The highest BCUT2D eigenvalue weighted by atomic mass is 16.5. The Morgan fingerprint density at radius 2 is 2.00 bits per heavy atom. The van der Waals surface area contributed by atoms with Gasteiger partial charge in [0.15, 0.2) is 0 Å². The van der Waals surface area contributed by atoms with Crippen LogP contribution in [0.3, 0.4) is 0 Å². The normalized spacial score (nSPS) is 18.8. The molecule has 132 valence electrons. The molecule has 1 saturated heterocycles. The van der Waals surface area contributed by atoms with Gasteiger partial charge in [0, 0.05) is 25.5 Å². The van der Waals surface area contributed by atoms with E-state index in [1.165, 1.54) is 11.1 Å². The van der Waals surface area contributed by atoms with Crippen molar-refractivity contribution < 1.29 is 14.3 Å². The zero-order valence-electron chi connectivity index (χ0n) is 14.6. The Hall–Kier alpha value is -2.27. The monoisotopic (exact) mass is 340 g/mol. The van der Waals surface area contributed by atoms with Crippen LogP contribution in [0.4, 0.5) is 0 Å². The lowest BCUT2D eigenvalue weighted by Gasteiger charge is -2.45. The highest BCUT2D eigenvalue weighted by Gasteiger charge is 2.41. The molecule has 5 nitrogen and oxygen atoms in total. The summed E-state index contributed by atoms with van der Waals surface area (Å²) in [6, 6.07) is 10.2. The van der Waals surface area contributed by atoms with Crippen LogP contribution >= 0.6 is 0 Å². The number of ether oxygens (including phenoxy) is 2. The van der Waals surface area contributed by atoms with Crippen LogP contribution in [0.5, 0.6) is 5.75 Å². The molecule has 0 saturated carbocycles. The van der Waals surface area contributed by atoms with E-state index in [0.717, 1.165) is 44.7 Å². The number of carbonyl (C=O) groups excluding carboxylic acids is 1. The van der Waals surface area contributed by atoms with Crippen LogP contribution in [0.25, 0.3) is 0 Å². The van der Waals surface area contributed by atoms with Gasteiger partial charge in [-0.2, -0.15) is 0 Å². The van der Waals surface area contributed by atoms with E-state index >= 15 is 0 Å².